The molecule has 1 fully saturated rings. The summed E-state index contributed by atoms with van der Waals surface area (Å²) < 4.78 is 1.91. The fourth-order valence-corrected chi connectivity index (χ4v) is 3.60. The molecule has 0 saturated heterocycles. The first-order valence-electron chi connectivity index (χ1n) is 8.95. The summed E-state index contributed by atoms with van der Waals surface area (Å²) in [6, 6.07) is 8.47. The van der Waals surface area contributed by atoms with E-state index in [0.29, 0.717) is 0 Å². The molecule has 0 bridgehead atoms. The number of hydrogen-bond acceptors (Lipinski definition) is 3. The van der Waals surface area contributed by atoms with Crippen LogP contribution in [-0.4, -0.2) is 20.1 Å². The highest BCUT2D eigenvalue weighted by atomic mass is 16.3. The summed E-state index contributed by atoms with van der Waals surface area (Å²) in [7, 11) is 0. The number of rotatable bonds is 6. The Hall–Kier alpha value is -1.68. The number of nitrogens with zero attached hydrogens (tertiary/aromatic N) is 3. The second-order valence-electron chi connectivity index (χ2n) is 6.62. The van der Waals surface area contributed by atoms with E-state index in [4.69, 9.17) is 0 Å². The van der Waals surface area contributed by atoms with Crippen LogP contribution in [-0.2, 0) is 19.4 Å². The molecule has 3 rings (SSSR count). The predicted octanol–water partition coefficient (Wildman–Crippen LogP) is 3.83. The molecular formula is C19H27N3O. The van der Waals surface area contributed by atoms with Crippen LogP contribution < -0.4 is 0 Å². The lowest BCUT2D eigenvalue weighted by molar-refractivity contribution is 0.274. The van der Waals surface area contributed by atoms with Crippen molar-refractivity contribution in [3.8, 4) is 5.69 Å². The first-order chi connectivity index (χ1) is 11.3. The lowest BCUT2D eigenvalue weighted by atomic mass is 9.85. The van der Waals surface area contributed by atoms with Crippen molar-refractivity contribution >= 4 is 0 Å². The predicted molar refractivity (Wildman–Crippen MR) is 91.6 cm³/mol. The maximum absolute atomic E-state index is 9.58. The minimum absolute atomic E-state index is 0.0347. The Bertz CT molecular complexity index is 612. The zero-order chi connectivity index (χ0) is 16.1. The van der Waals surface area contributed by atoms with E-state index in [9.17, 15) is 5.11 Å². The van der Waals surface area contributed by atoms with E-state index in [-0.39, 0.29) is 6.61 Å². The van der Waals surface area contributed by atoms with Crippen molar-refractivity contribution in [2.24, 2.45) is 5.92 Å². The van der Waals surface area contributed by atoms with Crippen molar-refractivity contribution in [3.63, 3.8) is 0 Å². The molecule has 1 aromatic heterocycles. The lowest BCUT2D eigenvalue weighted by Crippen LogP contribution is -2.10. The number of aliphatic hydroxyl groups is 1. The molecule has 0 spiro atoms. The number of hydrogen-bond donors (Lipinski definition) is 1. The summed E-state index contributed by atoms with van der Waals surface area (Å²) in [6.45, 7) is 2.12. The van der Waals surface area contributed by atoms with Gasteiger partial charge in [0.15, 0.2) is 0 Å². The summed E-state index contributed by atoms with van der Waals surface area (Å²) in [5.41, 5.74) is 4.15. The van der Waals surface area contributed by atoms with Gasteiger partial charge in [0.2, 0.25) is 0 Å². The van der Waals surface area contributed by atoms with Gasteiger partial charge in [0.1, 0.15) is 5.69 Å². The average molecular weight is 313 g/mol. The molecule has 0 unspecified atom stereocenters. The third-order valence-electron chi connectivity index (χ3n) is 5.10. The molecule has 0 atom stereocenters. The molecule has 4 nitrogen and oxygen atoms in total. The molecular weight excluding hydrogens is 286 g/mol. The molecule has 23 heavy (non-hydrogen) atoms. The van der Waals surface area contributed by atoms with E-state index in [0.717, 1.165) is 35.8 Å². The molecule has 1 heterocycles. The Morgan fingerprint density at radius 3 is 2.52 bits per heavy atom. The number of aliphatic hydroxyl groups excluding tert-OH is 1. The van der Waals surface area contributed by atoms with Gasteiger partial charge in [0.05, 0.1) is 18.0 Å². The molecule has 2 aromatic rings. The van der Waals surface area contributed by atoms with Gasteiger partial charge in [-0.25, -0.2) is 4.68 Å². The van der Waals surface area contributed by atoms with Crippen LogP contribution in [0.2, 0.25) is 0 Å². The molecule has 4 heteroatoms. The van der Waals surface area contributed by atoms with E-state index in [1.165, 1.54) is 44.1 Å². The summed E-state index contributed by atoms with van der Waals surface area (Å²) in [4.78, 5) is 0. The van der Waals surface area contributed by atoms with Gasteiger partial charge in [-0.3, -0.25) is 0 Å². The van der Waals surface area contributed by atoms with Crippen LogP contribution in [0.4, 0.5) is 0 Å². The van der Waals surface area contributed by atoms with Gasteiger partial charge < -0.3 is 5.11 Å². The standard InChI is InChI=1S/C19H27N3O/c1-2-15-8-11-17(12-9-15)22-19(18(14-23)20-21-22)13-10-16-6-4-3-5-7-16/h8-9,11-12,16,23H,2-7,10,13-14H2,1H3. The average Bonchev–Trinajstić information content (AvgIpc) is 3.04. The van der Waals surface area contributed by atoms with Crippen molar-refractivity contribution in [1.29, 1.82) is 0 Å². The van der Waals surface area contributed by atoms with E-state index in [1.54, 1.807) is 0 Å². The Morgan fingerprint density at radius 1 is 1.13 bits per heavy atom. The van der Waals surface area contributed by atoms with Gasteiger partial charge in [0.25, 0.3) is 0 Å². The number of benzene rings is 1. The normalized spacial score (nSPS) is 15.9. The van der Waals surface area contributed by atoms with E-state index in [1.807, 2.05) is 4.68 Å². The van der Waals surface area contributed by atoms with Crippen LogP contribution in [0.15, 0.2) is 24.3 Å². The summed E-state index contributed by atoms with van der Waals surface area (Å²) in [5, 5.41) is 18.0. The Labute approximate surface area is 138 Å². The highest BCUT2D eigenvalue weighted by Gasteiger charge is 2.18. The smallest absolute Gasteiger partial charge is 0.112 e. The van der Waals surface area contributed by atoms with Crippen LogP contribution >= 0.6 is 0 Å². The Kier molecular flexibility index (Phi) is 5.44. The third-order valence-corrected chi connectivity index (χ3v) is 5.10. The fourth-order valence-electron chi connectivity index (χ4n) is 3.60. The van der Waals surface area contributed by atoms with E-state index >= 15 is 0 Å². The third kappa shape index (κ3) is 3.81. The van der Waals surface area contributed by atoms with Crippen LogP contribution in [0.5, 0.6) is 0 Å². The van der Waals surface area contributed by atoms with Gasteiger partial charge in [-0.05, 0) is 42.9 Å². The monoisotopic (exact) mass is 313 g/mol. The van der Waals surface area contributed by atoms with E-state index in [2.05, 4.69) is 41.5 Å². The molecule has 0 radical (unpaired) electrons. The summed E-state index contributed by atoms with van der Waals surface area (Å²) in [5.74, 6) is 0.820. The maximum atomic E-state index is 9.58. The second-order valence-corrected chi connectivity index (χ2v) is 6.62. The molecule has 1 aliphatic carbocycles. The molecule has 1 aliphatic rings. The Balaban J connectivity index is 1.78. The van der Waals surface area contributed by atoms with E-state index < -0.39 is 0 Å². The van der Waals surface area contributed by atoms with Crippen LogP contribution in [0.1, 0.15) is 62.4 Å². The SMILES string of the molecule is CCc1ccc(-n2nnc(CO)c2CCC2CCCCC2)cc1. The van der Waals surface area contributed by atoms with Crippen molar-refractivity contribution in [2.45, 2.75) is 64.9 Å². The molecule has 124 valence electrons. The van der Waals surface area contributed by atoms with Gasteiger partial charge in [-0.2, -0.15) is 0 Å². The first kappa shape index (κ1) is 16.2. The Morgan fingerprint density at radius 2 is 1.87 bits per heavy atom. The second kappa shape index (κ2) is 7.73. The minimum atomic E-state index is -0.0347. The minimum Gasteiger partial charge on any atom is -0.390 e. The highest BCUT2D eigenvalue weighted by molar-refractivity contribution is 5.36. The quantitative estimate of drug-likeness (QED) is 0.881. The number of aryl methyl sites for hydroxylation is 1. The summed E-state index contributed by atoms with van der Waals surface area (Å²) in [6.07, 6.45) is 9.98. The van der Waals surface area contributed by atoms with Crippen LogP contribution in [0, 0.1) is 5.92 Å². The molecule has 0 amide bonds. The highest BCUT2D eigenvalue weighted by Crippen LogP contribution is 2.28. The first-order valence-corrected chi connectivity index (χ1v) is 8.95. The van der Waals surface area contributed by atoms with Gasteiger partial charge in [0, 0.05) is 0 Å². The van der Waals surface area contributed by atoms with Crippen molar-refractivity contribution < 1.29 is 5.11 Å². The summed E-state index contributed by atoms with van der Waals surface area (Å²) >= 11 is 0. The maximum Gasteiger partial charge on any atom is 0.112 e. The lowest BCUT2D eigenvalue weighted by Gasteiger charge is -2.21. The van der Waals surface area contributed by atoms with Crippen molar-refractivity contribution in [1.82, 2.24) is 15.0 Å². The van der Waals surface area contributed by atoms with Crippen LogP contribution in [0.25, 0.3) is 5.69 Å². The topological polar surface area (TPSA) is 50.9 Å². The van der Waals surface area contributed by atoms with Gasteiger partial charge in [-0.1, -0.05) is 56.4 Å². The van der Waals surface area contributed by atoms with Gasteiger partial charge >= 0.3 is 0 Å². The zero-order valence-electron chi connectivity index (χ0n) is 14.0. The number of aromatic nitrogens is 3. The molecule has 0 aliphatic heterocycles. The van der Waals surface area contributed by atoms with Crippen LogP contribution in [0.3, 0.4) is 0 Å². The fraction of sp³-hybridized carbons (Fsp3) is 0.579. The zero-order valence-corrected chi connectivity index (χ0v) is 14.0. The molecule has 1 saturated carbocycles. The molecule has 1 aromatic carbocycles. The van der Waals surface area contributed by atoms with Crippen molar-refractivity contribution in [2.75, 3.05) is 0 Å². The largest absolute Gasteiger partial charge is 0.390 e. The molecule has 1 N–H and O–H groups in total. The van der Waals surface area contributed by atoms with Crippen molar-refractivity contribution in [3.05, 3.63) is 41.2 Å². The van der Waals surface area contributed by atoms with Gasteiger partial charge in [-0.15, -0.1) is 5.10 Å².